The molecule has 0 radical (unpaired) electrons. The molecule has 0 spiro atoms. The summed E-state index contributed by atoms with van der Waals surface area (Å²) < 4.78 is 160. The summed E-state index contributed by atoms with van der Waals surface area (Å²) in [6.45, 7) is -10.2. The third kappa shape index (κ3) is 14.4. The minimum absolute atomic E-state index is 2.55. The Morgan fingerprint density at radius 2 is 0.560 bits per heavy atom. The van der Waals surface area contributed by atoms with Crippen molar-refractivity contribution in [3.8, 4) is 0 Å². The minimum atomic E-state index is -6.47. The third-order valence-corrected chi connectivity index (χ3v) is 4.10. The molecule has 0 unspecified atom stereocenters. The van der Waals surface area contributed by atoms with Gasteiger partial charge in [-0.3, -0.25) is 0 Å². The van der Waals surface area contributed by atoms with E-state index in [0.29, 0.717) is 0 Å². The topological polar surface area (TPSA) is 36.9 Å². The first-order valence-corrected chi connectivity index (χ1v) is 7.67. The second-order valence-electron chi connectivity index (χ2n) is 4.28. The zero-order valence-corrected chi connectivity index (χ0v) is 12.7. The summed E-state index contributed by atoms with van der Waals surface area (Å²) >= 11 is -6.47. The van der Waals surface area contributed by atoms with Crippen LogP contribution in [0.4, 0.5) is 52.7 Å². The van der Waals surface area contributed by atoms with Crippen molar-refractivity contribution in [3.05, 3.63) is 0 Å². The quantitative estimate of drug-likeness (QED) is 0.441. The smallest absolute Gasteiger partial charge is 0.580 e. The molecule has 0 heterocycles. The number of hydrogen-bond acceptors (Lipinski definition) is 4. The predicted octanol–water partition coefficient (Wildman–Crippen LogP) is 3.74. The zero-order valence-electron chi connectivity index (χ0n) is 11.6. The monoisotopic (exact) mass is 423 g/mol. The van der Waals surface area contributed by atoms with E-state index in [2.05, 4.69) is 15.2 Å². The Kier molecular flexibility index (Phi) is 8.32. The molecule has 0 aliphatic rings. The Labute approximate surface area is 134 Å². The highest BCUT2D eigenvalue weighted by atomic mass is 27.3. The summed E-state index contributed by atoms with van der Waals surface area (Å²) in [7, 11) is 0. The van der Waals surface area contributed by atoms with Gasteiger partial charge in [-0.25, -0.2) is 0 Å². The normalized spacial score (nSPS) is 14.9. The molecular formula is C8H8AlF12O4-. The van der Waals surface area contributed by atoms with E-state index >= 15 is 0 Å². The van der Waals surface area contributed by atoms with Crippen molar-refractivity contribution in [1.29, 1.82) is 0 Å². The van der Waals surface area contributed by atoms with Gasteiger partial charge in [-0.05, 0) is 0 Å². The molecule has 0 N–H and O–H groups in total. The molecule has 0 bridgehead atoms. The van der Waals surface area contributed by atoms with Gasteiger partial charge in [-0.15, -0.1) is 0 Å². The lowest BCUT2D eigenvalue weighted by Gasteiger charge is -2.38. The van der Waals surface area contributed by atoms with Crippen LogP contribution in [0.1, 0.15) is 0 Å². The average molecular weight is 423 g/mol. The molecule has 0 fully saturated rings. The molecule has 0 saturated heterocycles. The van der Waals surface area contributed by atoms with Crippen LogP contribution < -0.4 is 0 Å². The van der Waals surface area contributed by atoms with Crippen molar-refractivity contribution in [2.75, 3.05) is 26.4 Å². The first-order valence-electron chi connectivity index (χ1n) is 5.78. The first-order chi connectivity index (χ1) is 10.8. The van der Waals surface area contributed by atoms with Gasteiger partial charge in [0.2, 0.25) is 0 Å². The largest absolute Gasteiger partial charge is 0.876 e. The second kappa shape index (κ2) is 8.48. The number of hydrogen-bond donors (Lipinski definition) is 0. The molecule has 0 aromatic carbocycles. The number of rotatable bonds is 8. The molecule has 152 valence electrons. The SMILES string of the molecule is FC(F)(F)C[O][Al-]([O]CC(F)(F)F)([O]CC(F)(F)F)[O]CC(F)(F)F. The van der Waals surface area contributed by atoms with Crippen molar-refractivity contribution in [3.63, 3.8) is 0 Å². The van der Waals surface area contributed by atoms with E-state index in [1.807, 2.05) is 0 Å². The highest BCUT2D eigenvalue weighted by Gasteiger charge is 2.54. The van der Waals surface area contributed by atoms with Gasteiger partial charge in [0.1, 0.15) is 0 Å². The molecule has 25 heavy (non-hydrogen) atoms. The summed E-state index contributed by atoms with van der Waals surface area (Å²) in [5.74, 6) is 0. The van der Waals surface area contributed by atoms with Crippen molar-refractivity contribution >= 4 is 14.4 Å². The van der Waals surface area contributed by atoms with Gasteiger partial charge in [0, 0.05) is 0 Å². The van der Waals surface area contributed by atoms with Crippen molar-refractivity contribution in [2.45, 2.75) is 24.7 Å². The van der Waals surface area contributed by atoms with Gasteiger partial charge >= 0.3 is 39.1 Å². The van der Waals surface area contributed by atoms with Gasteiger partial charge in [0.15, 0.2) is 0 Å². The summed E-state index contributed by atoms with van der Waals surface area (Å²) in [6.07, 6.45) is -21.3. The van der Waals surface area contributed by atoms with Crippen LogP contribution in [0.5, 0.6) is 0 Å². The van der Waals surface area contributed by atoms with E-state index in [4.69, 9.17) is 0 Å². The second-order valence-corrected chi connectivity index (χ2v) is 6.77. The van der Waals surface area contributed by atoms with E-state index in [1.54, 1.807) is 0 Å². The molecule has 4 nitrogen and oxygen atoms in total. The number of alkyl halides is 12. The van der Waals surface area contributed by atoms with E-state index in [-0.39, 0.29) is 0 Å². The zero-order chi connectivity index (χ0) is 20.2. The molecule has 0 aliphatic heterocycles. The fraction of sp³-hybridized carbons (Fsp3) is 1.00. The molecule has 0 aliphatic carbocycles. The molecule has 17 heteroatoms. The molecule has 0 rings (SSSR count). The molecule has 0 aromatic rings. The summed E-state index contributed by atoms with van der Waals surface area (Å²) in [5, 5.41) is 0. The van der Waals surface area contributed by atoms with Gasteiger partial charge in [-0.1, -0.05) is 0 Å². The highest BCUT2D eigenvalue weighted by molar-refractivity contribution is 6.53. The Morgan fingerprint density at radius 3 is 0.680 bits per heavy atom. The maximum absolute atomic E-state index is 12.1. The van der Waals surface area contributed by atoms with Gasteiger partial charge < -0.3 is 15.2 Å². The summed E-state index contributed by atoms with van der Waals surface area (Å²) in [4.78, 5) is 0. The van der Waals surface area contributed by atoms with Crippen molar-refractivity contribution in [1.82, 2.24) is 0 Å². The maximum atomic E-state index is 12.1. The van der Waals surface area contributed by atoms with Crippen LogP contribution in [0, 0.1) is 0 Å². The first kappa shape index (κ1) is 24.5. The average Bonchev–Trinajstić information content (AvgIpc) is 2.33. The lowest BCUT2D eigenvalue weighted by Crippen LogP contribution is -2.54. The fourth-order valence-corrected chi connectivity index (χ4v) is 3.22. The Hall–Kier alpha value is -0.468. The summed E-state index contributed by atoms with van der Waals surface area (Å²) in [5.41, 5.74) is 0. The maximum Gasteiger partial charge on any atom is 0.876 e. The van der Waals surface area contributed by atoms with E-state index < -0.39 is 65.5 Å². The van der Waals surface area contributed by atoms with E-state index in [9.17, 15) is 52.7 Å². The molecule has 0 atom stereocenters. The lowest BCUT2D eigenvalue weighted by molar-refractivity contribution is -0.223. The minimum Gasteiger partial charge on any atom is -0.580 e. The van der Waals surface area contributed by atoms with Crippen LogP contribution in [0.25, 0.3) is 0 Å². The predicted molar refractivity (Wildman–Crippen MR) is 53.8 cm³/mol. The van der Waals surface area contributed by atoms with Crippen LogP contribution in [-0.2, 0) is 15.2 Å². The Morgan fingerprint density at radius 1 is 0.400 bits per heavy atom. The highest BCUT2D eigenvalue weighted by Crippen LogP contribution is 2.27. The van der Waals surface area contributed by atoms with Crippen LogP contribution in [0.15, 0.2) is 0 Å². The third-order valence-electron chi connectivity index (χ3n) is 1.80. The van der Waals surface area contributed by atoms with E-state index in [0.717, 1.165) is 0 Å². The molecule has 0 saturated carbocycles. The molecule has 0 aromatic heterocycles. The standard InChI is InChI=1S/4C2H2F3O.Al/c4*3-2(4,5)1-6;/h4*1H2;/q4*-1;+3. The van der Waals surface area contributed by atoms with Crippen LogP contribution in [-0.4, -0.2) is 65.5 Å². The van der Waals surface area contributed by atoms with E-state index in [1.165, 1.54) is 0 Å². The van der Waals surface area contributed by atoms with Crippen LogP contribution in [0.2, 0.25) is 0 Å². The molecule has 0 amide bonds. The van der Waals surface area contributed by atoms with Gasteiger partial charge in [-0.2, -0.15) is 52.7 Å². The number of halogens is 12. The molecular weight excluding hydrogens is 415 g/mol. The van der Waals surface area contributed by atoms with Gasteiger partial charge in [0.05, 0.1) is 26.4 Å². The van der Waals surface area contributed by atoms with Crippen molar-refractivity contribution in [2.24, 2.45) is 0 Å². The van der Waals surface area contributed by atoms with Crippen LogP contribution >= 0.6 is 0 Å². The van der Waals surface area contributed by atoms with Crippen molar-refractivity contribution < 1.29 is 67.8 Å². The Bertz CT molecular complexity index is 322. The summed E-state index contributed by atoms with van der Waals surface area (Å²) in [6, 6.07) is 0. The Balaban J connectivity index is 5.41. The fourth-order valence-electron chi connectivity index (χ4n) is 1.07. The van der Waals surface area contributed by atoms with Gasteiger partial charge in [0.25, 0.3) is 0 Å². The van der Waals surface area contributed by atoms with Crippen LogP contribution in [0.3, 0.4) is 0 Å². The lowest BCUT2D eigenvalue weighted by atomic mass is 10.7.